The first-order chi connectivity index (χ1) is 21.7. The number of ether oxygens (including phenoxy) is 2. The highest BCUT2D eigenvalue weighted by Gasteiger charge is 2.35. The predicted molar refractivity (Wildman–Crippen MR) is 166 cm³/mol. The zero-order valence-corrected chi connectivity index (χ0v) is 26.1. The predicted octanol–water partition coefficient (Wildman–Crippen LogP) is 6.15. The highest BCUT2D eigenvalue weighted by Crippen LogP contribution is 2.37. The smallest absolute Gasteiger partial charge is 0.497 e. The number of halogens is 4. The van der Waals surface area contributed by atoms with Crippen LogP contribution >= 0.6 is 11.6 Å². The second-order valence-electron chi connectivity index (χ2n) is 10.8. The summed E-state index contributed by atoms with van der Waals surface area (Å²) in [5, 5.41) is 19.0. The summed E-state index contributed by atoms with van der Waals surface area (Å²) in [5.41, 5.74) is 1.57. The van der Waals surface area contributed by atoms with Gasteiger partial charge in [0.1, 0.15) is 24.1 Å². The van der Waals surface area contributed by atoms with Crippen molar-refractivity contribution in [2.24, 2.45) is 5.16 Å². The van der Waals surface area contributed by atoms with E-state index in [0.717, 1.165) is 0 Å². The van der Waals surface area contributed by atoms with Crippen LogP contribution in [0.5, 0.6) is 11.5 Å². The van der Waals surface area contributed by atoms with E-state index in [-0.39, 0.29) is 13.1 Å². The SMILES string of the molecule is COc1cc(NC(C(=O)N2CCc3ccc(OC(F)(F)F)cc32)c2ccc(Cl)cc2)cc(C(C)=NOC(C)(C)C(=O)NCC#N)c1. The molecule has 0 aliphatic carbocycles. The number of amides is 2. The molecule has 0 saturated heterocycles. The summed E-state index contributed by atoms with van der Waals surface area (Å²) < 4.78 is 48.4. The van der Waals surface area contributed by atoms with Gasteiger partial charge in [-0.05, 0) is 68.7 Å². The number of carbonyl (C=O) groups is 2. The highest BCUT2D eigenvalue weighted by atomic mass is 35.5. The maximum Gasteiger partial charge on any atom is 0.573 e. The number of carbonyl (C=O) groups excluding carboxylic acids is 2. The summed E-state index contributed by atoms with van der Waals surface area (Å²) >= 11 is 6.12. The fourth-order valence-corrected chi connectivity index (χ4v) is 4.79. The third-order valence-corrected chi connectivity index (χ3v) is 7.31. The van der Waals surface area contributed by atoms with E-state index < -0.39 is 35.6 Å². The quantitative estimate of drug-likeness (QED) is 0.144. The zero-order chi connectivity index (χ0) is 33.6. The van der Waals surface area contributed by atoms with Crippen LogP contribution in [-0.4, -0.2) is 49.7 Å². The molecule has 242 valence electrons. The average Bonchev–Trinajstić information content (AvgIpc) is 3.43. The maximum atomic E-state index is 14.2. The van der Waals surface area contributed by atoms with Crippen LogP contribution < -0.4 is 25.0 Å². The molecule has 3 aromatic carbocycles. The Labute approximate surface area is 268 Å². The topological polar surface area (TPSA) is 125 Å². The molecule has 0 radical (unpaired) electrons. The zero-order valence-electron chi connectivity index (χ0n) is 25.4. The van der Waals surface area contributed by atoms with Gasteiger partial charge in [-0.1, -0.05) is 35.0 Å². The molecule has 0 spiro atoms. The van der Waals surface area contributed by atoms with Gasteiger partial charge in [-0.3, -0.25) is 9.59 Å². The van der Waals surface area contributed by atoms with Crippen molar-refractivity contribution in [3.8, 4) is 17.6 Å². The molecule has 1 aliphatic rings. The van der Waals surface area contributed by atoms with E-state index in [9.17, 15) is 22.8 Å². The van der Waals surface area contributed by atoms with E-state index in [1.54, 1.807) is 49.4 Å². The number of hydrogen-bond acceptors (Lipinski definition) is 8. The fraction of sp³-hybridized carbons (Fsp3) is 0.312. The van der Waals surface area contributed by atoms with E-state index in [4.69, 9.17) is 26.4 Å². The molecule has 1 atom stereocenters. The Balaban J connectivity index is 1.66. The fourth-order valence-electron chi connectivity index (χ4n) is 4.67. The standard InChI is InChI=1S/C32H31ClF3N5O5/c1-19(40-46-31(2,3)30(43)38-13-12-37)22-15-24(17-26(16-22)44-4)39-28(21-5-8-23(33)9-6-21)29(42)41-14-11-20-7-10-25(18-27(20)41)45-32(34,35)36/h5-10,15-18,28,39H,11,13-14H2,1-4H3,(H,38,43). The number of nitrogens with one attached hydrogen (secondary N) is 2. The summed E-state index contributed by atoms with van der Waals surface area (Å²) in [5.74, 6) is -0.956. The third kappa shape index (κ3) is 8.39. The summed E-state index contributed by atoms with van der Waals surface area (Å²) in [4.78, 5) is 33.4. The molecule has 14 heteroatoms. The summed E-state index contributed by atoms with van der Waals surface area (Å²) in [6.07, 6.45) is -4.43. The first-order valence-corrected chi connectivity index (χ1v) is 14.4. The molecule has 0 bridgehead atoms. The number of fused-ring (bicyclic) bond motifs is 1. The Bertz CT molecular complexity index is 1670. The molecule has 1 heterocycles. The van der Waals surface area contributed by atoms with E-state index in [1.807, 2.05) is 6.07 Å². The monoisotopic (exact) mass is 657 g/mol. The van der Waals surface area contributed by atoms with Gasteiger partial charge in [0.2, 0.25) is 5.60 Å². The molecule has 0 aromatic heterocycles. The van der Waals surface area contributed by atoms with Crippen molar-refractivity contribution in [2.75, 3.05) is 30.4 Å². The molecule has 2 N–H and O–H groups in total. The number of nitrogens with zero attached hydrogens (tertiary/aromatic N) is 3. The first-order valence-electron chi connectivity index (χ1n) is 14.0. The van der Waals surface area contributed by atoms with Crippen molar-refractivity contribution in [2.45, 2.75) is 45.2 Å². The maximum absolute atomic E-state index is 14.2. The van der Waals surface area contributed by atoms with Crippen LogP contribution in [0.4, 0.5) is 24.5 Å². The minimum atomic E-state index is -4.88. The number of alkyl halides is 3. The van der Waals surface area contributed by atoms with Gasteiger partial charge in [-0.25, -0.2) is 0 Å². The summed E-state index contributed by atoms with van der Waals surface area (Å²) in [6, 6.07) is 16.5. The van der Waals surface area contributed by atoms with E-state index in [1.165, 1.54) is 44.1 Å². The molecule has 1 unspecified atom stereocenters. The molecule has 3 aromatic rings. The van der Waals surface area contributed by atoms with Crippen LogP contribution in [0.1, 0.15) is 43.5 Å². The van der Waals surface area contributed by atoms with Crippen LogP contribution in [0.3, 0.4) is 0 Å². The van der Waals surface area contributed by atoms with Crippen LogP contribution in [0.2, 0.25) is 5.02 Å². The Hall–Kier alpha value is -4.96. The summed E-state index contributed by atoms with van der Waals surface area (Å²) in [7, 11) is 1.47. The molecule has 1 aliphatic heterocycles. The van der Waals surface area contributed by atoms with Crippen molar-refractivity contribution in [3.05, 3.63) is 82.4 Å². The number of rotatable bonds is 11. The van der Waals surface area contributed by atoms with Crippen LogP contribution in [0.25, 0.3) is 0 Å². The van der Waals surface area contributed by atoms with Gasteiger partial charge >= 0.3 is 6.36 Å². The molecule has 2 amide bonds. The van der Waals surface area contributed by atoms with Crippen LogP contribution in [0.15, 0.2) is 65.8 Å². The number of hydrogen-bond donors (Lipinski definition) is 2. The van der Waals surface area contributed by atoms with Crippen molar-refractivity contribution in [1.29, 1.82) is 5.26 Å². The lowest BCUT2D eigenvalue weighted by molar-refractivity contribution is -0.274. The van der Waals surface area contributed by atoms with Gasteiger partial charge in [-0.15, -0.1) is 13.2 Å². The first kappa shape index (κ1) is 33.9. The largest absolute Gasteiger partial charge is 0.573 e. The number of nitriles is 1. The van der Waals surface area contributed by atoms with Gasteiger partial charge in [-0.2, -0.15) is 5.26 Å². The van der Waals surface area contributed by atoms with E-state index >= 15 is 0 Å². The third-order valence-electron chi connectivity index (χ3n) is 7.06. The van der Waals surface area contributed by atoms with E-state index in [2.05, 4.69) is 20.5 Å². The summed E-state index contributed by atoms with van der Waals surface area (Å²) in [6.45, 7) is 4.74. The Morgan fingerprint density at radius 1 is 1.09 bits per heavy atom. The molecule has 0 fully saturated rings. The normalized spacial score (nSPS) is 13.7. The van der Waals surface area contributed by atoms with Crippen LogP contribution in [0, 0.1) is 11.3 Å². The molecule has 46 heavy (non-hydrogen) atoms. The van der Waals surface area contributed by atoms with Gasteiger partial charge in [0.05, 0.1) is 24.6 Å². The Morgan fingerprint density at radius 2 is 1.80 bits per heavy atom. The second-order valence-corrected chi connectivity index (χ2v) is 11.2. The van der Waals surface area contributed by atoms with Gasteiger partial charge in [0.25, 0.3) is 11.8 Å². The van der Waals surface area contributed by atoms with Gasteiger partial charge in [0, 0.05) is 35.0 Å². The van der Waals surface area contributed by atoms with Gasteiger partial charge < -0.3 is 29.8 Å². The van der Waals surface area contributed by atoms with Gasteiger partial charge in [0.15, 0.2) is 0 Å². The molecule has 10 nitrogen and oxygen atoms in total. The number of oxime groups is 1. The number of anilines is 2. The van der Waals surface area contributed by atoms with Crippen molar-refractivity contribution in [3.63, 3.8) is 0 Å². The molecular formula is C32H31ClF3N5O5. The molecule has 4 rings (SSSR count). The minimum absolute atomic E-state index is 0.182. The van der Waals surface area contributed by atoms with Crippen LogP contribution in [-0.2, 0) is 20.8 Å². The van der Waals surface area contributed by atoms with Crippen molar-refractivity contribution in [1.82, 2.24) is 5.32 Å². The number of benzene rings is 3. The Morgan fingerprint density at radius 3 is 2.46 bits per heavy atom. The lowest BCUT2D eigenvalue weighted by atomic mass is 10.0. The molecular weight excluding hydrogens is 627 g/mol. The average molecular weight is 658 g/mol. The molecule has 0 saturated carbocycles. The Kier molecular flexibility index (Phi) is 10.3. The minimum Gasteiger partial charge on any atom is -0.497 e. The lowest BCUT2D eigenvalue weighted by Crippen LogP contribution is -2.43. The highest BCUT2D eigenvalue weighted by molar-refractivity contribution is 6.30. The number of methoxy groups -OCH3 is 1. The lowest BCUT2D eigenvalue weighted by Gasteiger charge is -2.27. The van der Waals surface area contributed by atoms with Crippen molar-refractivity contribution < 1.29 is 37.1 Å². The second kappa shape index (κ2) is 14.0. The van der Waals surface area contributed by atoms with E-state index in [0.29, 0.717) is 51.0 Å². The van der Waals surface area contributed by atoms with Crippen molar-refractivity contribution >= 4 is 40.5 Å².